The molecule has 3 N–H and O–H groups in total. The van der Waals surface area contributed by atoms with Gasteiger partial charge < -0.3 is 10.7 Å². The minimum Gasteiger partial charge on any atom is -0.327 e. The first-order valence-electron chi connectivity index (χ1n) is 11.3. The standard InChI is InChI=1S/C24H26N8OS/c25-7-1-4-17-11-26-24(27-12-17)32-15-19(28-16-32)14-31-8-2-5-18(13-31)23-29-20(10-22(33)30-23)21-6-3-9-34-21/h1,3-4,6,9-12,15-16,18H,2,5,7-8,13-14,25H2,(H,29,30,33)/b4-1+/t18-/m0/s1. The Morgan fingerprint density at radius 3 is 2.94 bits per heavy atom. The van der Waals surface area contributed by atoms with Crippen LogP contribution in [-0.2, 0) is 6.54 Å². The van der Waals surface area contributed by atoms with Gasteiger partial charge >= 0.3 is 0 Å². The number of rotatable bonds is 7. The van der Waals surface area contributed by atoms with E-state index in [2.05, 4.69) is 24.8 Å². The summed E-state index contributed by atoms with van der Waals surface area (Å²) in [5, 5.41) is 2.00. The van der Waals surface area contributed by atoms with Crippen LogP contribution in [0.3, 0.4) is 0 Å². The van der Waals surface area contributed by atoms with E-state index in [0.717, 1.165) is 60.1 Å². The molecule has 5 rings (SSSR count). The first kappa shape index (κ1) is 22.3. The maximum absolute atomic E-state index is 12.3. The minimum atomic E-state index is -0.103. The van der Waals surface area contributed by atoms with Crippen molar-refractivity contribution < 1.29 is 0 Å². The predicted molar refractivity (Wildman–Crippen MR) is 133 cm³/mol. The Balaban J connectivity index is 1.26. The van der Waals surface area contributed by atoms with E-state index in [1.54, 1.807) is 36.1 Å². The highest BCUT2D eigenvalue weighted by atomic mass is 32.1. The number of aromatic amines is 1. The Kier molecular flexibility index (Phi) is 6.70. The fraction of sp³-hybridized carbons (Fsp3) is 0.292. The van der Waals surface area contributed by atoms with Crippen molar-refractivity contribution >= 4 is 17.4 Å². The van der Waals surface area contributed by atoms with Gasteiger partial charge in [0.15, 0.2) is 0 Å². The highest BCUT2D eigenvalue weighted by Crippen LogP contribution is 2.27. The second kappa shape index (κ2) is 10.2. The van der Waals surface area contributed by atoms with Crippen LogP contribution >= 0.6 is 11.3 Å². The molecule has 0 unspecified atom stereocenters. The fourth-order valence-corrected chi connectivity index (χ4v) is 4.87. The molecule has 4 aromatic heterocycles. The first-order chi connectivity index (χ1) is 16.7. The number of nitrogens with one attached hydrogen (secondary N) is 1. The van der Waals surface area contributed by atoms with Crippen molar-refractivity contribution in [3.8, 4) is 16.5 Å². The summed E-state index contributed by atoms with van der Waals surface area (Å²) in [7, 11) is 0. The molecule has 9 nitrogen and oxygen atoms in total. The van der Waals surface area contributed by atoms with Crippen molar-refractivity contribution in [3.63, 3.8) is 0 Å². The summed E-state index contributed by atoms with van der Waals surface area (Å²) in [6, 6.07) is 5.54. The molecule has 0 aliphatic carbocycles. The van der Waals surface area contributed by atoms with Crippen molar-refractivity contribution in [3.05, 3.63) is 82.0 Å². The van der Waals surface area contributed by atoms with Crippen molar-refractivity contribution in [1.82, 2.24) is 34.4 Å². The number of imidazole rings is 1. The molecule has 4 aromatic rings. The summed E-state index contributed by atoms with van der Waals surface area (Å²) < 4.78 is 1.83. The third-order valence-corrected chi connectivity index (χ3v) is 6.68. The van der Waals surface area contributed by atoms with Gasteiger partial charge in [0.2, 0.25) is 5.95 Å². The van der Waals surface area contributed by atoms with Gasteiger partial charge in [-0.05, 0) is 30.8 Å². The summed E-state index contributed by atoms with van der Waals surface area (Å²) in [6.07, 6.45) is 13.0. The lowest BCUT2D eigenvalue weighted by Gasteiger charge is -2.31. The monoisotopic (exact) mass is 474 g/mol. The Bertz CT molecular complexity index is 1310. The predicted octanol–water partition coefficient (Wildman–Crippen LogP) is 2.83. The smallest absolute Gasteiger partial charge is 0.251 e. The molecule has 1 aliphatic heterocycles. The molecule has 1 saturated heterocycles. The van der Waals surface area contributed by atoms with Crippen LogP contribution in [0.1, 0.15) is 35.8 Å². The Labute approximate surface area is 201 Å². The number of H-pyrrole nitrogens is 1. The number of nitrogens with zero attached hydrogens (tertiary/aromatic N) is 6. The van der Waals surface area contributed by atoms with Crippen LogP contribution in [0, 0.1) is 0 Å². The number of likely N-dealkylation sites (tertiary alicyclic amines) is 1. The number of hydrogen-bond acceptors (Lipinski definition) is 8. The molecule has 0 spiro atoms. The Morgan fingerprint density at radius 2 is 2.15 bits per heavy atom. The highest BCUT2D eigenvalue weighted by Gasteiger charge is 2.24. The molecule has 0 bridgehead atoms. The molecular formula is C24H26N8OS. The molecule has 1 atom stereocenters. The maximum atomic E-state index is 12.3. The summed E-state index contributed by atoms with van der Waals surface area (Å²) in [5.41, 5.74) is 7.99. The maximum Gasteiger partial charge on any atom is 0.251 e. The van der Waals surface area contributed by atoms with Crippen molar-refractivity contribution in [2.24, 2.45) is 5.73 Å². The van der Waals surface area contributed by atoms with E-state index in [1.807, 2.05) is 40.4 Å². The molecule has 0 amide bonds. The molecular weight excluding hydrogens is 448 g/mol. The van der Waals surface area contributed by atoms with Crippen LogP contribution in [-0.4, -0.2) is 54.0 Å². The third-order valence-electron chi connectivity index (χ3n) is 5.78. The second-order valence-corrected chi connectivity index (χ2v) is 9.24. The van der Waals surface area contributed by atoms with Crippen LogP contribution in [0.25, 0.3) is 22.6 Å². The van der Waals surface area contributed by atoms with Crippen LogP contribution in [0.5, 0.6) is 0 Å². The van der Waals surface area contributed by atoms with E-state index in [1.165, 1.54) is 0 Å². The topological polar surface area (TPSA) is 119 Å². The summed E-state index contributed by atoms with van der Waals surface area (Å²) >= 11 is 1.59. The van der Waals surface area contributed by atoms with Gasteiger partial charge in [-0.3, -0.25) is 14.3 Å². The molecule has 1 fully saturated rings. The number of nitrogens with two attached hydrogens (primary N) is 1. The number of piperidine rings is 1. The number of thiophene rings is 1. The van der Waals surface area contributed by atoms with Gasteiger partial charge in [0.05, 0.1) is 16.3 Å². The van der Waals surface area contributed by atoms with E-state index >= 15 is 0 Å². The summed E-state index contributed by atoms with van der Waals surface area (Å²) in [6.45, 7) is 3.01. The lowest BCUT2D eigenvalue weighted by atomic mass is 9.97. The van der Waals surface area contributed by atoms with Gasteiger partial charge in [0.1, 0.15) is 12.2 Å². The average Bonchev–Trinajstić information content (AvgIpc) is 3.56. The minimum absolute atomic E-state index is 0.103. The molecule has 1 aliphatic rings. The van der Waals surface area contributed by atoms with Gasteiger partial charge in [0.25, 0.3) is 5.56 Å². The van der Waals surface area contributed by atoms with Crippen LogP contribution in [0.4, 0.5) is 0 Å². The number of hydrogen-bond donors (Lipinski definition) is 2. The molecule has 10 heteroatoms. The van der Waals surface area contributed by atoms with Gasteiger partial charge in [-0.1, -0.05) is 18.2 Å². The Hall–Kier alpha value is -3.47. The molecule has 5 heterocycles. The van der Waals surface area contributed by atoms with Gasteiger partial charge in [-0.25, -0.2) is 19.9 Å². The van der Waals surface area contributed by atoms with Crippen LogP contribution in [0.2, 0.25) is 0 Å². The normalized spacial score (nSPS) is 16.9. The lowest BCUT2D eigenvalue weighted by molar-refractivity contribution is 0.194. The second-order valence-electron chi connectivity index (χ2n) is 8.29. The van der Waals surface area contributed by atoms with E-state index in [0.29, 0.717) is 12.5 Å². The van der Waals surface area contributed by atoms with Crippen LogP contribution < -0.4 is 11.3 Å². The zero-order valence-electron chi connectivity index (χ0n) is 18.7. The summed E-state index contributed by atoms with van der Waals surface area (Å²) in [4.78, 5) is 36.8. The van der Waals surface area contributed by atoms with Crippen molar-refractivity contribution in [2.75, 3.05) is 19.6 Å². The van der Waals surface area contributed by atoms with E-state index in [9.17, 15) is 4.79 Å². The zero-order valence-corrected chi connectivity index (χ0v) is 19.5. The van der Waals surface area contributed by atoms with Crippen molar-refractivity contribution in [1.29, 1.82) is 0 Å². The fourth-order valence-electron chi connectivity index (χ4n) is 4.18. The van der Waals surface area contributed by atoms with Gasteiger partial charge in [-0.15, -0.1) is 11.3 Å². The first-order valence-corrected chi connectivity index (χ1v) is 12.2. The third kappa shape index (κ3) is 5.19. The van der Waals surface area contributed by atoms with Crippen molar-refractivity contribution in [2.45, 2.75) is 25.3 Å². The van der Waals surface area contributed by atoms with E-state index in [4.69, 9.17) is 10.7 Å². The van der Waals surface area contributed by atoms with Crippen LogP contribution in [0.15, 0.2) is 59.4 Å². The van der Waals surface area contributed by atoms with E-state index in [-0.39, 0.29) is 11.5 Å². The van der Waals surface area contributed by atoms with E-state index < -0.39 is 0 Å². The summed E-state index contributed by atoms with van der Waals surface area (Å²) in [5.74, 6) is 1.52. The molecule has 0 radical (unpaired) electrons. The lowest BCUT2D eigenvalue weighted by Crippen LogP contribution is -2.35. The SMILES string of the molecule is NC/C=C/c1cnc(-n2cnc(CN3CCC[C@H](c4nc(-c5cccs5)cc(=O)[nH]4)C3)c2)nc1. The highest BCUT2D eigenvalue weighted by molar-refractivity contribution is 7.13. The number of aromatic nitrogens is 6. The molecule has 174 valence electrons. The average molecular weight is 475 g/mol. The largest absolute Gasteiger partial charge is 0.327 e. The van der Waals surface area contributed by atoms with Gasteiger partial charge in [0, 0.05) is 55.8 Å². The quantitative estimate of drug-likeness (QED) is 0.423. The van der Waals surface area contributed by atoms with Gasteiger partial charge in [-0.2, -0.15) is 0 Å². The zero-order chi connectivity index (χ0) is 23.3. The molecule has 0 saturated carbocycles. The Morgan fingerprint density at radius 1 is 1.26 bits per heavy atom. The molecule has 34 heavy (non-hydrogen) atoms. The molecule has 0 aromatic carbocycles.